The van der Waals surface area contributed by atoms with Gasteiger partial charge in [0.15, 0.2) is 0 Å². The number of nitrogens with one attached hydrogen (secondary N) is 1. The van der Waals surface area contributed by atoms with E-state index in [4.69, 9.17) is 4.74 Å². The molecule has 3 unspecified atom stereocenters. The lowest BCUT2D eigenvalue weighted by atomic mass is 9.55. The Bertz CT molecular complexity index is 355. The summed E-state index contributed by atoms with van der Waals surface area (Å²) < 4.78 is 5.88. The molecule has 2 saturated heterocycles. The summed E-state index contributed by atoms with van der Waals surface area (Å²) in [5.41, 5.74) is 0.0747. The fraction of sp³-hybridized carbons (Fsp3) is 0.929. The number of amides is 2. The third-order valence-electron chi connectivity index (χ3n) is 4.91. The van der Waals surface area contributed by atoms with E-state index in [9.17, 15) is 4.79 Å². The van der Waals surface area contributed by atoms with Gasteiger partial charge in [-0.05, 0) is 12.8 Å². The number of urea groups is 1. The molecule has 4 nitrogen and oxygen atoms in total. The summed E-state index contributed by atoms with van der Waals surface area (Å²) in [6.07, 6.45) is 2.65. The second-order valence-corrected chi connectivity index (χ2v) is 7.67. The van der Waals surface area contributed by atoms with Crippen LogP contribution in [0.25, 0.3) is 0 Å². The molecule has 2 aliphatic heterocycles. The Morgan fingerprint density at radius 2 is 2.11 bits per heavy atom. The van der Waals surface area contributed by atoms with Crippen LogP contribution in [0.4, 0.5) is 4.79 Å². The zero-order valence-corrected chi connectivity index (χ0v) is 12.7. The molecule has 0 aromatic carbocycles. The molecular weight excluding hydrogens is 260 g/mol. The van der Waals surface area contributed by atoms with Crippen molar-refractivity contribution in [1.82, 2.24) is 10.2 Å². The van der Waals surface area contributed by atoms with Crippen LogP contribution in [-0.2, 0) is 4.74 Å². The molecule has 0 bridgehead atoms. The van der Waals surface area contributed by atoms with Crippen molar-refractivity contribution in [2.75, 3.05) is 31.2 Å². The average molecular weight is 284 g/mol. The molecule has 1 saturated carbocycles. The number of carbonyl (C=O) groups is 1. The van der Waals surface area contributed by atoms with Crippen LogP contribution in [0.1, 0.15) is 26.7 Å². The first-order valence-electron chi connectivity index (χ1n) is 7.35. The number of hydrogen-bond acceptors (Lipinski definition) is 3. The second kappa shape index (κ2) is 5.17. The Balaban J connectivity index is 1.61. The van der Waals surface area contributed by atoms with Crippen molar-refractivity contribution < 1.29 is 9.53 Å². The second-order valence-electron chi connectivity index (χ2n) is 6.45. The fourth-order valence-electron chi connectivity index (χ4n) is 3.81. The van der Waals surface area contributed by atoms with Crippen molar-refractivity contribution in [3.8, 4) is 0 Å². The van der Waals surface area contributed by atoms with Gasteiger partial charge >= 0.3 is 6.03 Å². The van der Waals surface area contributed by atoms with Gasteiger partial charge in [-0.1, -0.05) is 13.8 Å². The van der Waals surface area contributed by atoms with Crippen LogP contribution < -0.4 is 5.32 Å². The van der Waals surface area contributed by atoms with Gasteiger partial charge in [-0.2, -0.15) is 11.8 Å². The number of rotatable bonds is 1. The monoisotopic (exact) mass is 284 g/mol. The summed E-state index contributed by atoms with van der Waals surface area (Å²) in [6, 6.07) is 0.405. The van der Waals surface area contributed by atoms with E-state index in [1.54, 1.807) is 0 Å². The van der Waals surface area contributed by atoms with Gasteiger partial charge in [-0.3, -0.25) is 0 Å². The van der Waals surface area contributed by atoms with Crippen molar-refractivity contribution >= 4 is 17.8 Å². The molecular formula is C14H24N2O2S. The highest BCUT2D eigenvalue weighted by molar-refractivity contribution is 7.99. The maximum Gasteiger partial charge on any atom is 0.317 e. The van der Waals surface area contributed by atoms with Crippen molar-refractivity contribution in [2.24, 2.45) is 11.3 Å². The van der Waals surface area contributed by atoms with Crippen molar-refractivity contribution in [3.05, 3.63) is 0 Å². The summed E-state index contributed by atoms with van der Waals surface area (Å²) in [5, 5.41) is 3.27. The van der Waals surface area contributed by atoms with Gasteiger partial charge in [0.05, 0.1) is 6.10 Å². The van der Waals surface area contributed by atoms with E-state index in [0.717, 1.165) is 37.6 Å². The quantitative estimate of drug-likeness (QED) is 0.800. The molecule has 0 aromatic heterocycles. The van der Waals surface area contributed by atoms with Gasteiger partial charge in [0.25, 0.3) is 0 Å². The van der Waals surface area contributed by atoms with Gasteiger partial charge in [0, 0.05) is 48.6 Å². The first-order chi connectivity index (χ1) is 9.10. The van der Waals surface area contributed by atoms with Crippen LogP contribution in [0.15, 0.2) is 0 Å². The molecule has 3 fully saturated rings. The van der Waals surface area contributed by atoms with E-state index in [-0.39, 0.29) is 17.5 Å². The minimum absolute atomic E-state index is 0.0747. The predicted molar refractivity (Wildman–Crippen MR) is 77.5 cm³/mol. The van der Waals surface area contributed by atoms with E-state index in [2.05, 4.69) is 19.2 Å². The average Bonchev–Trinajstić information content (AvgIpc) is 2.45. The zero-order chi connectivity index (χ0) is 13.5. The molecule has 0 aromatic rings. The zero-order valence-electron chi connectivity index (χ0n) is 11.9. The molecule has 5 heteroatoms. The normalized spacial score (nSPS) is 37.2. The highest BCUT2D eigenvalue weighted by atomic mass is 32.2. The fourth-order valence-corrected chi connectivity index (χ4v) is 4.71. The Morgan fingerprint density at radius 1 is 1.37 bits per heavy atom. The molecule has 3 aliphatic rings. The lowest BCUT2D eigenvalue weighted by molar-refractivity contribution is -0.189. The molecule has 0 spiro atoms. The summed E-state index contributed by atoms with van der Waals surface area (Å²) in [6.45, 7) is 7.09. The van der Waals surface area contributed by atoms with Crippen LogP contribution in [0.5, 0.6) is 0 Å². The van der Waals surface area contributed by atoms with Crippen molar-refractivity contribution in [1.29, 1.82) is 0 Å². The first kappa shape index (κ1) is 13.6. The minimum atomic E-state index is 0.0747. The molecule has 108 valence electrons. The third-order valence-corrected chi connectivity index (χ3v) is 5.85. The van der Waals surface area contributed by atoms with E-state index in [1.165, 1.54) is 6.42 Å². The smallest absolute Gasteiger partial charge is 0.317 e. The Morgan fingerprint density at radius 3 is 2.84 bits per heavy atom. The molecule has 19 heavy (non-hydrogen) atoms. The Kier molecular flexibility index (Phi) is 3.69. The topological polar surface area (TPSA) is 41.6 Å². The summed E-state index contributed by atoms with van der Waals surface area (Å²) >= 11 is 1.93. The lowest BCUT2D eigenvalue weighted by Crippen LogP contribution is -2.71. The number of hydrogen-bond donors (Lipinski definition) is 1. The van der Waals surface area contributed by atoms with Crippen LogP contribution in [0, 0.1) is 11.3 Å². The first-order valence-corrected chi connectivity index (χ1v) is 8.51. The maximum absolute atomic E-state index is 12.3. The Labute approximate surface area is 119 Å². The molecule has 3 atom stereocenters. The van der Waals surface area contributed by atoms with Crippen molar-refractivity contribution in [3.63, 3.8) is 0 Å². The summed E-state index contributed by atoms with van der Waals surface area (Å²) in [5.74, 6) is 2.65. The largest absolute Gasteiger partial charge is 0.377 e. The van der Waals surface area contributed by atoms with Gasteiger partial charge in [-0.25, -0.2) is 4.79 Å². The molecule has 2 amide bonds. The van der Waals surface area contributed by atoms with Crippen LogP contribution >= 0.6 is 11.8 Å². The molecule has 1 aliphatic carbocycles. The minimum Gasteiger partial charge on any atom is -0.377 e. The molecule has 2 heterocycles. The van der Waals surface area contributed by atoms with Gasteiger partial charge < -0.3 is 15.0 Å². The predicted octanol–water partition coefficient (Wildman–Crippen LogP) is 1.95. The van der Waals surface area contributed by atoms with E-state index >= 15 is 0 Å². The number of carbonyl (C=O) groups excluding carboxylic acids is 1. The summed E-state index contributed by atoms with van der Waals surface area (Å²) in [7, 11) is 0. The van der Waals surface area contributed by atoms with Crippen LogP contribution in [0.2, 0.25) is 0 Å². The van der Waals surface area contributed by atoms with Crippen LogP contribution in [0.3, 0.4) is 0 Å². The number of fused-ring (bicyclic) bond motifs is 1. The van der Waals surface area contributed by atoms with E-state index in [0.29, 0.717) is 12.0 Å². The molecule has 3 rings (SSSR count). The number of ether oxygens (including phenoxy) is 1. The standard InChI is InChI=1S/C14H24N2O2S/c1-14(2)11(10-4-3-7-18-12(10)14)15-13(17)16-5-8-19-9-6-16/h10-12H,3-9H2,1-2H3,(H,15,17). The highest BCUT2D eigenvalue weighted by Gasteiger charge is 2.58. The van der Waals surface area contributed by atoms with Gasteiger partial charge in [0.2, 0.25) is 0 Å². The maximum atomic E-state index is 12.3. The third kappa shape index (κ3) is 2.35. The SMILES string of the molecule is CC1(C)C(NC(=O)N2CCSCC2)C2CCCOC21. The van der Waals surface area contributed by atoms with E-state index in [1.807, 2.05) is 16.7 Å². The van der Waals surface area contributed by atoms with Gasteiger partial charge in [-0.15, -0.1) is 0 Å². The lowest BCUT2D eigenvalue weighted by Gasteiger charge is -2.60. The van der Waals surface area contributed by atoms with Crippen LogP contribution in [-0.4, -0.2) is 54.3 Å². The number of thioether (sulfide) groups is 1. The van der Waals surface area contributed by atoms with Crippen molar-refractivity contribution in [2.45, 2.75) is 38.8 Å². The molecule has 1 N–H and O–H groups in total. The molecule has 0 radical (unpaired) electrons. The van der Waals surface area contributed by atoms with E-state index < -0.39 is 0 Å². The Hall–Kier alpha value is -0.420. The number of nitrogens with zero attached hydrogens (tertiary/aromatic N) is 1. The summed E-state index contributed by atoms with van der Waals surface area (Å²) in [4.78, 5) is 14.3. The highest BCUT2D eigenvalue weighted by Crippen LogP contribution is 2.51. The van der Waals surface area contributed by atoms with Gasteiger partial charge in [0.1, 0.15) is 0 Å².